The van der Waals surface area contributed by atoms with Gasteiger partial charge in [-0.2, -0.15) is 25.3 Å². The van der Waals surface area contributed by atoms with Crippen molar-refractivity contribution in [3.8, 4) is 0 Å². The highest BCUT2D eigenvalue weighted by Crippen LogP contribution is 2.59. The van der Waals surface area contributed by atoms with Gasteiger partial charge in [0.05, 0.1) is 0 Å². The molecule has 1 aliphatic heterocycles. The fraction of sp³-hybridized carbons (Fsp3) is 1.00. The smallest absolute Gasteiger partial charge is 0.103 e. The van der Waals surface area contributed by atoms with E-state index in [2.05, 4.69) is 39.5 Å². The van der Waals surface area contributed by atoms with E-state index in [1.165, 1.54) is 5.08 Å². The molecule has 120 valence electrons. The van der Waals surface area contributed by atoms with Gasteiger partial charge in [-0.15, -0.1) is 82.3 Å². The van der Waals surface area contributed by atoms with Crippen LogP contribution in [0.2, 0.25) is 0 Å². The lowest BCUT2D eigenvalue weighted by Crippen LogP contribution is -2.17. The van der Waals surface area contributed by atoms with Crippen LogP contribution in [0.4, 0.5) is 0 Å². The second-order valence-corrected chi connectivity index (χ2v) is 19.5. The highest BCUT2D eigenvalue weighted by Gasteiger charge is 2.34. The Morgan fingerprint density at radius 1 is 0.950 bits per heavy atom. The van der Waals surface area contributed by atoms with Gasteiger partial charge in [-0.1, -0.05) is 13.8 Å². The van der Waals surface area contributed by atoms with Gasteiger partial charge in [0.2, 0.25) is 0 Å². The third kappa shape index (κ3) is 8.85. The summed E-state index contributed by atoms with van der Waals surface area (Å²) < 4.78 is 1.18. The van der Waals surface area contributed by atoms with Crippen LogP contribution in [0.3, 0.4) is 0 Å². The molecule has 0 aliphatic carbocycles. The molecule has 1 heterocycles. The molecule has 1 fully saturated rings. The van der Waals surface area contributed by atoms with E-state index in [9.17, 15) is 0 Å². The molecule has 0 aromatic carbocycles. The Morgan fingerprint density at radius 3 is 1.70 bits per heavy atom. The number of thioether (sulfide) groups is 7. The molecule has 0 amide bonds. The third-order valence-electron chi connectivity index (χ3n) is 2.08. The van der Waals surface area contributed by atoms with Crippen LogP contribution in [0.15, 0.2) is 0 Å². The summed E-state index contributed by atoms with van der Waals surface area (Å²) in [4.78, 5) is 0. The standard InChI is InChI=1S/C11H22S9/c1-5-16-10(3,12)19-8-14-7-15-9(18-8)20-11(4,13)17-6-2/h8-9,12-13H,5-7H2,1-4H3. The van der Waals surface area contributed by atoms with Gasteiger partial charge in [0, 0.05) is 5.08 Å². The van der Waals surface area contributed by atoms with Crippen LogP contribution in [0, 0.1) is 0 Å². The van der Waals surface area contributed by atoms with Gasteiger partial charge in [-0.3, -0.25) is 0 Å². The molecule has 0 aromatic heterocycles. The van der Waals surface area contributed by atoms with Gasteiger partial charge in [0.1, 0.15) is 14.7 Å². The predicted molar refractivity (Wildman–Crippen MR) is 121 cm³/mol. The number of hydrogen-bond donors (Lipinski definition) is 2. The summed E-state index contributed by atoms with van der Waals surface area (Å²) in [7, 11) is 0. The Morgan fingerprint density at radius 2 is 1.35 bits per heavy atom. The van der Waals surface area contributed by atoms with Crippen LogP contribution < -0.4 is 0 Å². The lowest BCUT2D eigenvalue weighted by molar-refractivity contribution is 1.32. The monoisotopic (exact) mass is 442 g/mol. The summed E-state index contributed by atoms with van der Waals surface area (Å²) in [5.74, 6) is 2.23. The van der Waals surface area contributed by atoms with Crippen LogP contribution in [0.5, 0.6) is 0 Å². The van der Waals surface area contributed by atoms with Gasteiger partial charge in [-0.25, -0.2) is 0 Å². The maximum atomic E-state index is 4.79. The molecule has 0 aromatic rings. The molecule has 1 aliphatic rings. The minimum Gasteiger partial charge on any atom is -0.151 e. The van der Waals surface area contributed by atoms with Crippen molar-refractivity contribution in [2.24, 2.45) is 0 Å². The first-order chi connectivity index (χ1) is 9.28. The zero-order chi connectivity index (χ0) is 15.2. The maximum absolute atomic E-state index is 4.79. The molecule has 9 heteroatoms. The molecular weight excluding hydrogens is 421 g/mol. The van der Waals surface area contributed by atoms with Crippen molar-refractivity contribution in [3.05, 3.63) is 0 Å². The SMILES string of the molecule is CCSC(C)(S)SC1SCSC(SC(C)(S)SCC)S1. The summed E-state index contributed by atoms with van der Waals surface area (Å²) in [6.07, 6.45) is 0. The van der Waals surface area contributed by atoms with E-state index < -0.39 is 0 Å². The molecule has 1 rings (SSSR count). The third-order valence-corrected chi connectivity index (χ3v) is 13.9. The molecule has 4 atom stereocenters. The summed E-state index contributed by atoms with van der Waals surface area (Å²) in [5, 5.41) is 1.17. The van der Waals surface area contributed by atoms with E-state index in [1.807, 2.05) is 70.6 Å². The summed E-state index contributed by atoms with van der Waals surface area (Å²) in [5.41, 5.74) is 0. The molecule has 0 nitrogen and oxygen atoms in total. The molecule has 4 unspecified atom stereocenters. The Hall–Kier alpha value is 3.15. The van der Waals surface area contributed by atoms with Gasteiger partial charge < -0.3 is 0 Å². The number of rotatable bonds is 8. The molecule has 0 N–H and O–H groups in total. The molecule has 1 saturated heterocycles. The summed E-state index contributed by atoms with van der Waals surface area (Å²) in [6.45, 7) is 8.83. The van der Waals surface area contributed by atoms with E-state index in [0.717, 1.165) is 11.5 Å². The second kappa shape index (κ2) is 10.2. The molecule has 0 radical (unpaired) electrons. The number of hydrogen-bond acceptors (Lipinski definition) is 9. The summed E-state index contributed by atoms with van der Waals surface area (Å²) in [6, 6.07) is 0. The van der Waals surface area contributed by atoms with Crippen molar-refractivity contribution in [2.75, 3.05) is 16.6 Å². The van der Waals surface area contributed by atoms with E-state index in [4.69, 9.17) is 25.3 Å². The van der Waals surface area contributed by atoms with Crippen molar-refractivity contribution >= 4 is 108 Å². The van der Waals surface area contributed by atoms with Crippen LogP contribution >= 0.6 is 108 Å². The van der Waals surface area contributed by atoms with E-state index in [0.29, 0.717) is 7.83 Å². The Kier molecular flexibility index (Phi) is 10.8. The molecule has 0 spiro atoms. The fourth-order valence-corrected chi connectivity index (χ4v) is 17.5. The zero-order valence-electron chi connectivity index (χ0n) is 12.0. The lowest BCUT2D eigenvalue weighted by atomic mass is 10.9. The van der Waals surface area contributed by atoms with Gasteiger partial charge in [-0.05, 0) is 25.4 Å². The van der Waals surface area contributed by atoms with Crippen molar-refractivity contribution in [1.29, 1.82) is 0 Å². The van der Waals surface area contributed by atoms with Crippen LogP contribution in [-0.4, -0.2) is 31.2 Å². The first-order valence-corrected chi connectivity index (χ1v) is 13.9. The normalized spacial score (nSPS) is 29.7. The van der Waals surface area contributed by atoms with Crippen LogP contribution in [0.25, 0.3) is 0 Å². The Labute approximate surface area is 165 Å². The van der Waals surface area contributed by atoms with Gasteiger partial charge in [0.15, 0.2) is 0 Å². The van der Waals surface area contributed by atoms with Crippen molar-refractivity contribution < 1.29 is 0 Å². The van der Waals surface area contributed by atoms with Crippen LogP contribution in [0.1, 0.15) is 27.7 Å². The Bertz CT molecular complexity index is 255. The van der Waals surface area contributed by atoms with Crippen molar-refractivity contribution in [3.63, 3.8) is 0 Å². The second-order valence-electron chi connectivity index (χ2n) is 4.06. The maximum Gasteiger partial charge on any atom is 0.103 e. The predicted octanol–water partition coefficient (Wildman–Crippen LogP) is 6.90. The first kappa shape index (κ1) is 21.2. The Balaban J connectivity index is 2.46. The molecule has 0 saturated carbocycles. The van der Waals surface area contributed by atoms with E-state index in [-0.39, 0.29) is 6.82 Å². The van der Waals surface area contributed by atoms with Gasteiger partial charge >= 0.3 is 0 Å². The quantitative estimate of drug-likeness (QED) is 0.306. The van der Waals surface area contributed by atoms with Gasteiger partial charge in [0.25, 0.3) is 0 Å². The van der Waals surface area contributed by atoms with E-state index >= 15 is 0 Å². The molecule has 20 heavy (non-hydrogen) atoms. The summed E-state index contributed by atoms with van der Waals surface area (Å²) >= 11 is 23.5. The molecule has 0 bridgehead atoms. The highest BCUT2D eigenvalue weighted by atomic mass is 32.3. The largest absolute Gasteiger partial charge is 0.151 e. The topological polar surface area (TPSA) is 0 Å². The average molecular weight is 443 g/mol. The van der Waals surface area contributed by atoms with Crippen LogP contribution in [-0.2, 0) is 0 Å². The van der Waals surface area contributed by atoms with E-state index in [1.54, 1.807) is 0 Å². The lowest BCUT2D eigenvalue weighted by Gasteiger charge is -2.34. The molecular formula is C11H22S9. The minimum absolute atomic E-state index is 0.0130. The zero-order valence-corrected chi connectivity index (χ0v) is 19.5. The minimum atomic E-state index is 0.0130. The first-order valence-electron chi connectivity index (χ1n) is 6.25. The fourth-order valence-electron chi connectivity index (χ4n) is 1.40. The van der Waals surface area contributed by atoms with Crippen molar-refractivity contribution in [2.45, 2.75) is 42.3 Å². The van der Waals surface area contributed by atoms with Crippen molar-refractivity contribution in [1.82, 2.24) is 0 Å². The average Bonchev–Trinajstić information content (AvgIpc) is 2.27. The number of thiol groups is 2. The highest BCUT2D eigenvalue weighted by molar-refractivity contribution is 8.50.